The molecule has 10 heavy (non-hydrogen) atoms. The maximum absolute atomic E-state index is 9.44. The summed E-state index contributed by atoms with van der Waals surface area (Å²) in [6.07, 6.45) is 0. The normalized spacial score (nSPS) is 8.80. The molecular weight excluding hydrogens is 183 g/mol. The zero-order valence-corrected chi connectivity index (χ0v) is 10.7. The van der Waals surface area contributed by atoms with Gasteiger partial charge in [0, 0.05) is 20.0 Å². The Morgan fingerprint density at radius 3 is 1.50 bits per heavy atom. The van der Waals surface area contributed by atoms with Crippen molar-refractivity contribution >= 4 is 10.1 Å². The largest absolute Gasteiger partial charge is 1.00 e. The van der Waals surface area contributed by atoms with Gasteiger partial charge in [0.2, 0.25) is 0 Å². The van der Waals surface area contributed by atoms with Crippen LogP contribution in [0, 0.1) is 0 Å². The van der Waals surface area contributed by atoms with Crippen molar-refractivity contribution in [3.8, 4) is 0 Å². The van der Waals surface area contributed by atoms with E-state index in [1.54, 1.807) is 14.2 Å². The van der Waals surface area contributed by atoms with E-state index in [2.05, 4.69) is 4.74 Å². The smallest absolute Gasteiger partial charge is 0.748 e. The van der Waals surface area contributed by atoms with E-state index in [0.717, 1.165) is 0 Å². The fourth-order valence-corrected chi connectivity index (χ4v) is 0. The van der Waals surface area contributed by atoms with E-state index in [9.17, 15) is 13.0 Å². The molecule has 0 fully saturated rings. The molecule has 0 amide bonds. The van der Waals surface area contributed by atoms with Gasteiger partial charge in [0.15, 0.2) is 0 Å². The molecule has 0 N–H and O–H groups in total. The Balaban J connectivity index is -0.000000107. The predicted octanol–water partition coefficient (Wildman–Crippen LogP) is -3.18. The Morgan fingerprint density at radius 2 is 1.50 bits per heavy atom. The molecule has 0 atom stereocenters. The van der Waals surface area contributed by atoms with Crippen LogP contribution < -0.4 is 51.4 Å². The molecule has 0 aliphatic carbocycles. The molecule has 58 valence electrons. The zero-order chi connectivity index (χ0) is 7.91. The molecule has 0 aromatic heterocycles. The number of rotatable bonds is 1. The van der Waals surface area contributed by atoms with Crippen LogP contribution in [0.15, 0.2) is 0 Å². The summed E-state index contributed by atoms with van der Waals surface area (Å²) < 4.78 is 32.6. The Kier molecular flexibility index (Phi) is 18.4. The van der Waals surface area contributed by atoms with Crippen molar-refractivity contribution in [3.05, 3.63) is 0 Å². The average molecular weight is 194 g/mol. The van der Waals surface area contributed by atoms with Crippen molar-refractivity contribution in [2.24, 2.45) is 0 Å². The van der Waals surface area contributed by atoms with Gasteiger partial charge in [0.25, 0.3) is 0 Å². The molecule has 0 bridgehead atoms. The van der Waals surface area contributed by atoms with Crippen molar-refractivity contribution in [3.63, 3.8) is 0 Å². The van der Waals surface area contributed by atoms with Gasteiger partial charge in [0.1, 0.15) is 0 Å². The summed E-state index contributed by atoms with van der Waals surface area (Å²) in [7, 11) is -0.662. The Hall–Kier alpha value is 1.51. The first-order chi connectivity index (χ1) is 3.97. The predicted molar refractivity (Wildman–Crippen MR) is 33.2 cm³/mol. The van der Waals surface area contributed by atoms with Gasteiger partial charge in [-0.15, -0.1) is 0 Å². The van der Waals surface area contributed by atoms with E-state index >= 15 is 0 Å². The van der Waals surface area contributed by atoms with E-state index in [1.165, 1.54) is 6.92 Å². The maximum Gasteiger partial charge on any atom is 1.00 e. The molecular formula is C4H11KO4S. The van der Waals surface area contributed by atoms with Crippen molar-refractivity contribution in [1.29, 1.82) is 0 Å². The minimum atomic E-state index is -3.91. The quantitative estimate of drug-likeness (QED) is 0.326. The minimum Gasteiger partial charge on any atom is -0.748 e. The molecule has 0 aliphatic heterocycles. The topological polar surface area (TPSA) is 66.4 Å². The van der Waals surface area contributed by atoms with Gasteiger partial charge < -0.3 is 9.29 Å². The maximum atomic E-state index is 9.44. The molecule has 0 aromatic rings. The Bertz CT molecular complexity index is 130. The molecule has 0 spiro atoms. The summed E-state index contributed by atoms with van der Waals surface area (Å²) in [4.78, 5) is 0. The zero-order valence-electron chi connectivity index (χ0n) is 6.75. The molecule has 6 heteroatoms. The first-order valence-electron chi connectivity index (χ1n) is 2.31. The Labute approximate surface area is 105 Å². The van der Waals surface area contributed by atoms with Gasteiger partial charge in [-0.05, 0) is 0 Å². The van der Waals surface area contributed by atoms with Crippen LogP contribution in [0.25, 0.3) is 0 Å². The van der Waals surface area contributed by atoms with Crippen LogP contribution in [0.2, 0.25) is 0 Å². The summed E-state index contributed by atoms with van der Waals surface area (Å²) in [5.74, 6) is -0.312. The number of hydrogen-bond donors (Lipinski definition) is 0. The fraction of sp³-hybridized carbons (Fsp3) is 1.00. The molecule has 4 nitrogen and oxygen atoms in total. The molecule has 0 saturated heterocycles. The summed E-state index contributed by atoms with van der Waals surface area (Å²) in [5.41, 5.74) is 0. The van der Waals surface area contributed by atoms with Gasteiger partial charge >= 0.3 is 51.4 Å². The van der Waals surface area contributed by atoms with Crippen molar-refractivity contribution in [2.45, 2.75) is 6.92 Å². The summed E-state index contributed by atoms with van der Waals surface area (Å²) in [6.45, 7) is 1.31. The van der Waals surface area contributed by atoms with Crippen molar-refractivity contribution in [1.82, 2.24) is 0 Å². The van der Waals surface area contributed by atoms with Gasteiger partial charge in [-0.3, -0.25) is 0 Å². The van der Waals surface area contributed by atoms with E-state index in [1.807, 2.05) is 0 Å². The molecule has 0 heterocycles. The second-order valence-electron chi connectivity index (χ2n) is 1.25. The van der Waals surface area contributed by atoms with Crippen LogP contribution in [-0.2, 0) is 14.9 Å². The number of methoxy groups -OCH3 is 1. The first-order valence-corrected chi connectivity index (χ1v) is 3.89. The molecule has 0 aromatic carbocycles. The van der Waals surface area contributed by atoms with Gasteiger partial charge in [-0.1, -0.05) is 6.92 Å². The van der Waals surface area contributed by atoms with E-state index in [-0.39, 0.29) is 57.1 Å². The third-order valence-electron chi connectivity index (χ3n) is 0.354. The molecule has 0 aliphatic rings. The first kappa shape index (κ1) is 17.6. The van der Waals surface area contributed by atoms with Crippen molar-refractivity contribution < 1.29 is 69.1 Å². The average Bonchev–Trinajstić information content (AvgIpc) is 1.67. The SMILES string of the molecule is CCS(=O)(=O)[O-].COC.[K+]. The third kappa shape index (κ3) is 33.9. The second kappa shape index (κ2) is 10.5. The third-order valence-corrected chi connectivity index (χ3v) is 1.06. The second-order valence-corrected chi connectivity index (χ2v) is 2.95. The summed E-state index contributed by atoms with van der Waals surface area (Å²) in [6, 6.07) is 0. The van der Waals surface area contributed by atoms with Crippen LogP contribution in [0.4, 0.5) is 0 Å². The van der Waals surface area contributed by atoms with E-state index in [4.69, 9.17) is 0 Å². The monoisotopic (exact) mass is 194 g/mol. The van der Waals surface area contributed by atoms with Gasteiger partial charge in [-0.25, -0.2) is 8.42 Å². The summed E-state index contributed by atoms with van der Waals surface area (Å²) in [5, 5.41) is 0. The molecule has 0 unspecified atom stereocenters. The molecule has 0 saturated carbocycles. The fourth-order valence-electron chi connectivity index (χ4n) is 0. The number of hydrogen-bond acceptors (Lipinski definition) is 4. The standard InChI is InChI=1S/C2H6O3S.C2H6O.K/c1-2-6(3,4)5;1-3-2;/h2H2,1H3,(H,3,4,5);1-2H3;/q;;+1/p-1. The van der Waals surface area contributed by atoms with Gasteiger partial charge in [-0.2, -0.15) is 0 Å². The molecule has 0 radical (unpaired) electrons. The summed E-state index contributed by atoms with van der Waals surface area (Å²) >= 11 is 0. The number of ether oxygens (including phenoxy) is 1. The van der Waals surface area contributed by atoms with Crippen LogP contribution in [0.5, 0.6) is 0 Å². The van der Waals surface area contributed by atoms with Crippen LogP contribution in [0.3, 0.4) is 0 Å². The van der Waals surface area contributed by atoms with Crippen LogP contribution in [-0.4, -0.2) is 32.9 Å². The van der Waals surface area contributed by atoms with E-state index in [0.29, 0.717) is 0 Å². The van der Waals surface area contributed by atoms with Crippen molar-refractivity contribution in [2.75, 3.05) is 20.0 Å². The van der Waals surface area contributed by atoms with Gasteiger partial charge in [0.05, 0.1) is 10.1 Å². The van der Waals surface area contributed by atoms with E-state index < -0.39 is 10.1 Å². The van der Waals surface area contributed by atoms with Crippen LogP contribution >= 0.6 is 0 Å². The Morgan fingerprint density at radius 1 is 1.40 bits per heavy atom. The molecule has 0 rings (SSSR count). The minimum absolute atomic E-state index is 0. The van der Waals surface area contributed by atoms with Crippen LogP contribution in [0.1, 0.15) is 6.92 Å².